The van der Waals surface area contributed by atoms with E-state index in [2.05, 4.69) is 31.4 Å². The molecule has 0 aliphatic heterocycles. The molecule has 0 fully saturated rings. The molecule has 0 aliphatic carbocycles. The van der Waals surface area contributed by atoms with E-state index < -0.39 is 0 Å². The van der Waals surface area contributed by atoms with Crippen molar-refractivity contribution in [1.82, 2.24) is 15.5 Å². The first kappa shape index (κ1) is 12.6. The summed E-state index contributed by atoms with van der Waals surface area (Å²) >= 11 is 3.36. The van der Waals surface area contributed by atoms with Crippen molar-refractivity contribution in [2.24, 2.45) is 0 Å². The molecule has 1 aromatic heterocycles. The lowest BCUT2D eigenvalue weighted by atomic mass is 10.2. The van der Waals surface area contributed by atoms with Crippen LogP contribution in [0.3, 0.4) is 0 Å². The Balaban J connectivity index is 1.85. The molecular weight excluding hydrogens is 294 g/mol. The minimum Gasteiger partial charge on any atom is -0.348 e. The van der Waals surface area contributed by atoms with Gasteiger partial charge in [0.1, 0.15) is 0 Å². The van der Waals surface area contributed by atoms with Gasteiger partial charge in [0.05, 0.1) is 6.20 Å². The van der Waals surface area contributed by atoms with Gasteiger partial charge in [0.25, 0.3) is 0 Å². The van der Waals surface area contributed by atoms with Gasteiger partial charge in [-0.25, -0.2) is 0 Å². The van der Waals surface area contributed by atoms with Crippen LogP contribution in [-0.4, -0.2) is 16.1 Å². The van der Waals surface area contributed by atoms with E-state index in [1.807, 2.05) is 24.3 Å². The number of rotatable bonds is 4. The first-order chi connectivity index (χ1) is 8.74. The molecule has 2 rings (SSSR count). The number of nitrogens with zero attached hydrogens (tertiary/aromatic N) is 1. The Morgan fingerprint density at radius 1 is 1.39 bits per heavy atom. The maximum Gasteiger partial charge on any atom is 0.244 e. The molecule has 0 saturated heterocycles. The highest BCUT2D eigenvalue weighted by Gasteiger charge is 1.97. The van der Waals surface area contributed by atoms with Gasteiger partial charge in [-0.15, -0.1) is 0 Å². The summed E-state index contributed by atoms with van der Waals surface area (Å²) in [5.41, 5.74) is 1.93. The monoisotopic (exact) mass is 305 g/mol. The highest BCUT2D eigenvalue weighted by Crippen LogP contribution is 2.11. The van der Waals surface area contributed by atoms with Crippen LogP contribution in [0.1, 0.15) is 11.1 Å². The summed E-state index contributed by atoms with van der Waals surface area (Å²) in [7, 11) is 0. The van der Waals surface area contributed by atoms with E-state index >= 15 is 0 Å². The minimum absolute atomic E-state index is 0.126. The quantitative estimate of drug-likeness (QED) is 0.853. The molecule has 0 unspecified atom stereocenters. The number of amides is 1. The largest absolute Gasteiger partial charge is 0.348 e. The number of hydrogen-bond acceptors (Lipinski definition) is 2. The van der Waals surface area contributed by atoms with E-state index in [9.17, 15) is 4.79 Å². The van der Waals surface area contributed by atoms with Crippen LogP contribution in [0, 0.1) is 0 Å². The predicted molar refractivity (Wildman–Crippen MR) is 73.6 cm³/mol. The summed E-state index contributed by atoms with van der Waals surface area (Å²) < 4.78 is 1.02. The molecule has 0 atom stereocenters. The second kappa shape index (κ2) is 6.16. The third-order valence-electron chi connectivity index (χ3n) is 2.32. The second-order valence-corrected chi connectivity index (χ2v) is 4.62. The predicted octanol–water partition coefficient (Wildman–Crippen LogP) is 2.50. The second-order valence-electron chi connectivity index (χ2n) is 3.71. The number of carbonyl (C=O) groups excluding carboxylic acids is 1. The summed E-state index contributed by atoms with van der Waals surface area (Å²) in [5.74, 6) is -0.126. The van der Waals surface area contributed by atoms with Gasteiger partial charge in [-0.1, -0.05) is 28.1 Å². The van der Waals surface area contributed by atoms with Gasteiger partial charge in [-0.2, -0.15) is 5.10 Å². The Morgan fingerprint density at radius 3 is 2.83 bits per heavy atom. The Bertz CT molecular complexity index is 532. The fourth-order valence-corrected chi connectivity index (χ4v) is 1.63. The van der Waals surface area contributed by atoms with Gasteiger partial charge < -0.3 is 5.32 Å². The fourth-order valence-electron chi connectivity index (χ4n) is 1.37. The third-order valence-corrected chi connectivity index (χ3v) is 2.85. The molecule has 2 aromatic rings. The van der Waals surface area contributed by atoms with Gasteiger partial charge in [0.15, 0.2) is 0 Å². The zero-order valence-electron chi connectivity index (χ0n) is 9.56. The lowest BCUT2D eigenvalue weighted by Gasteiger charge is -1.98. The minimum atomic E-state index is -0.126. The lowest BCUT2D eigenvalue weighted by Crippen LogP contribution is -2.19. The highest BCUT2D eigenvalue weighted by atomic mass is 79.9. The van der Waals surface area contributed by atoms with Crippen molar-refractivity contribution >= 4 is 27.9 Å². The zero-order chi connectivity index (χ0) is 12.8. The van der Waals surface area contributed by atoms with Crippen LogP contribution >= 0.6 is 15.9 Å². The summed E-state index contributed by atoms with van der Waals surface area (Å²) in [6, 6.07) is 7.74. The zero-order valence-corrected chi connectivity index (χ0v) is 11.1. The molecule has 5 heteroatoms. The molecule has 2 N–H and O–H groups in total. The molecular formula is C13H12BrN3O. The topological polar surface area (TPSA) is 57.8 Å². The number of nitrogens with one attached hydrogen (secondary N) is 2. The van der Waals surface area contributed by atoms with Crippen LogP contribution in [0.2, 0.25) is 0 Å². The molecule has 1 heterocycles. The van der Waals surface area contributed by atoms with E-state index in [-0.39, 0.29) is 5.91 Å². The van der Waals surface area contributed by atoms with Crippen molar-refractivity contribution in [2.75, 3.05) is 0 Å². The number of halogens is 1. The molecule has 0 radical (unpaired) electrons. The van der Waals surface area contributed by atoms with Crippen molar-refractivity contribution in [1.29, 1.82) is 0 Å². The van der Waals surface area contributed by atoms with E-state index in [1.54, 1.807) is 18.5 Å². The first-order valence-electron chi connectivity index (χ1n) is 5.43. The average Bonchev–Trinajstić information content (AvgIpc) is 2.89. The SMILES string of the molecule is O=C(/C=C/c1ccc(Br)cc1)NCc1cn[nH]c1. The molecule has 4 nitrogen and oxygen atoms in total. The molecule has 0 spiro atoms. The van der Waals surface area contributed by atoms with Crippen LogP contribution in [-0.2, 0) is 11.3 Å². The first-order valence-corrected chi connectivity index (χ1v) is 6.22. The molecule has 0 aliphatic rings. The number of H-pyrrole nitrogens is 1. The number of aromatic amines is 1. The summed E-state index contributed by atoms with van der Waals surface area (Å²) in [5, 5.41) is 9.27. The number of benzene rings is 1. The lowest BCUT2D eigenvalue weighted by molar-refractivity contribution is -0.116. The van der Waals surface area contributed by atoms with Crippen LogP contribution in [0.4, 0.5) is 0 Å². The maximum absolute atomic E-state index is 11.5. The molecule has 92 valence electrons. The van der Waals surface area contributed by atoms with E-state index in [0.717, 1.165) is 15.6 Å². The average molecular weight is 306 g/mol. The molecule has 1 amide bonds. The van der Waals surface area contributed by atoms with Crippen molar-refractivity contribution in [2.45, 2.75) is 6.54 Å². The van der Waals surface area contributed by atoms with Crippen LogP contribution < -0.4 is 5.32 Å². The third kappa shape index (κ3) is 3.85. The van der Waals surface area contributed by atoms with E-state index in [1.165, 1.54) is 6.08 Å². The van der Waals surface area contributed by atoms with E-state index in [0.29, 0.717) is 6.54 Å². The summed E-state index contributed by atoms with van der Waals surface area (Å²) in [6.45, 7) is 0.472. The van der Waals surface area contributed by atoms with E-state index in [4.69, 9.17) is 0 Å². The van der Waals surface area contributed by atoms with Crippen molar-refractivity contribution in [3.8, 4) is 0 Å². The van der Waals surface area contributed by atoms with Gasteiger partial charge in [-0.05, 0) is 23.8 Å². The number of carbonyl (C=O) groups is 1. The summed E-state index contributed by atoms with van der Waals surface area (Å²) in [6.07, 6.45) is 6.72. The van der Waals surface area contributed by atoms with Gasteiger partial charge in [-0.3, -0.25) is 9.89 Å². The Labute approximate surface area is 113 Å². The maximum atomic E-state index is 11.5. The van der Waals surface area contributed by atoms with Crippen LogP contribution in [0.5, 0.6) is 0 Å². The molecule has 1 aromatic carbocycles. The fraction of sp³-hybridized carbons (Fsp3) is 0.0769. The number of aromatic nitrogens is 2. The van der Waals surface area contributed by atoms with Crippen LogP contribution in [0.25, 0.3) is 6.08 Å². The van der Waals surface area contributed by atoms with Crippen molar-refractivity contribution in [3.63, 3.8) is 0 Å². The number of hydrogen-bond donors (Lipinski definition) is 2. The van der Waals surface area contributed by atoms with Gasteiger partial charge in [0, 0.05) is 28.9 Å². The van der Waals surface area contributed by atoms with Crippen molar-refractivity contribution in [3.05, 3.63) is 58.3 Å². The highest BCUT2D eigenvalue weighted by molar-refractivity contribution is 9.10. The van der Waals surface area contributed by atoms with Gasteiger partial charge in [0.2, 0.25) is 5.91 Å². The van der Waals surface area contributed by atoms with Crippen molar-refractivity contribution < 1.29 is 4.79 Å². The standard InChI is InChI=1S/C13H12BrN3O/c14-12-4-1-10(2-5-12)3-6-13(18)15-7-11-8-16-17-9-11/h1-6,8-9H,7H2,(H,15,18)(H,16,17)/b6-3+. The Hall–Kier alpha value is -1.88. The molecule has 0 bridgehead atoms. The summed E-state index contributed by atoms with van der Waals surface area (Å²) in [4.78, 5) is 11.5. The smallest absolute Gasteiger partial charge is 0.244 e. The normalized spacial score (nSPS) is 10.7. The molecule has 0 saturated carbocycles. The van der Waals surface area contributed by atoms with Crippen LogP contribution in [0.15, 0.2) is 47.2 Å². The Kier molecular flexibility index (Phi) is 4.30. The Morgan fingerprint density at radius 2 is 2.17 bits per heavy atom. The molecule has 18 heavy (non-hydrogen) atoms. The van der Waals surface area contributed by atoms with Gasteiger partial charge >= 0.3 is 0 Å².